The first kappa shape index (κ1) is 15.8. The van der Waals surface area contributed by atoms with E-state index < -0.39 is 5.92 Å². The minimum absolute atomic E-state index is 0.335. The Kier molecular flexibility index (Phi) is 5.79. The van der Waals surface area contributed by atoms with Crippen molar-refractivity contribution >= 4 is 0 Å². The normalized spacial score (nSPS) is 11.5. The summed E-state index contributed by atoms with van der Waals surface area (Å²) in [5.41, 5.74) is 0.414. The van der Waals surface area contributed by atoms with Crippen LogP contribution in [0.25, 0.3) is 0 Å². The maximum atomic E-state index is 13.7. The van der Waals surface area contributed by atoms with E-state index in [9.17, 15) is 9.65 Å². The maximum Gasteiger partial charge on any atom is 0.127 e. The van der Waals surface area contributed by atoms with Crippen LogP contribution in [-0.2, 0) is 0 Å². The molecule has 0 radical (unpaired) electrons. The lowest BCUT2D eigenvalue weighted by molar-refractivity contribution is 0.299. The molecule has 1 atom stereocenters. The van der Waals surface area contributed by atoms with Gasteiger partial charge in [0.1, 0.15) is 17.3 Å². The fourth-order valence-corrected chi connectivity index (χ4v) is 2.16. The molecule has 0 spiro atoms. The van der Waals surface area contributed by atoms with Crippen molar-refractivity contribution in [3.05, 3.63) is 59.9 Å². The average Bonchev–Trinajstić information content (AvgIpc) is 2.53. The van der Waals surface area contributed by atoms with E-state index >= 15 is 0 Å². The molecule has 22 heavy (non-hydrogen) atoms. The summed E-state index contributed by atoms with van der Waals surface area (Å²) in [6.45, 7) is 2.84. The zero-order valence-corrected chi connectivity index (χ0v) is 12.5. The van der Waals surface area contributed by atoms with Gasteiger partial charge in [-0.3, -0.25) is 0 Å². The molecule has 2 rings (SSSR count). The Bertz CT molecular complexity index is 652. The zero-order valence-electron chi connectivity index (χ0n) is 12.5. The van der Waals surface area contributed by atoms with Crippen molar-refractivity contribution in [3.8, 4) is 17.6 Å². The van der Waals surface area contributed by atoms with Crippen LogP contribution in [-0.4, -0.2) is 13.2 Å². The van der Waals surface area contributed by atoms with Gasteiger partial charge in [0.2, 0.25) is 0 Å². The van der Waals surface area contributed by atoms with Crippen molar-refractivity contribution in [1.82, 2.24) is 0 Å². The van der Waals surface area contributed by atoms with Gasteiger partial charge in [0.05, 0.1) is 25.2 Å². The van der Waals surface area contributed by atoms with Crippen LogP contribution < -0.4 is 9.47 Å². The molecule has 0 N–H and O–H groups in total. The van der Waals surface area contributed by atoms with Crippen LogP contribution in [0.3, 0.4) is 0 Å². The van der Waals surface area contributed by atoms with E-state index in [-0.39, 0.29) is 5.82 Å². The number of hydrogen-bond acceptors (Lipinski definition) is 3. The van der Waals surface area contributed by atoms with Crippen molar-refractivity contribution in [1.29, 1.82) is 5.26 Å². The van der Waals surface area contributed by atoms with Gasteiger partial charge in [0.25, 0.3) is 0 Å². The SMILES string of the molecule is CCOc1cccc(OCCC(C#N)c2ccccc2F)c1. The first-order valence-corrected chi connectivity index (χ1v) is 7.24. The molecule has 0 saturated heterocycles. The topological polar surface area (TPSA) is 42.2 Å². The Balaban J connectivity index is 1.93. The van der Waals surface area contributed by atoms with E-state index in [2.05, 4.69) is 6.07 Å². The van der Waals surface area contributed by atoms with Crippen LogP contribution in [0.2, 0.25) is 0 Å². The summed E-state index contributed by atoms with van der Waals surface area (Å²) >= 11 is 0. The van der Waals surface area contributed by atoms with Gasteiger partial charge in [-0.2, -0.15) is 5.26 Å². The summed E-state index contributed by atoms with van der Waals surface area (Å²) in [6.07, 6.45) is 0.427. The van der Waals surface area contributed by atoms with Crippen molar-refractivity contribution < 1.29 is 13.9 Å². The molecule has 3 nitrogen and oxygen atoms in total. The monoisotopic (exact) mass is 299 g/mol. The second-order valence-electron chi connectivity index (χ2n) is 4.75. The fourth-order valence-electron chi connectivity index (χ4n) is 2.16. The minimum atomic E-state index is -0.517. The predicted molar refractivity (Wildman–Crippen MR) is 82.5 cm³/mol. The third kappa shape index (κ3) is 4.23. The Morgan fingerprint density at radius 2 is 1.82 bits per heavy atom. The van der Waals surface area contributed by atoms with Gasteiger partial charge in [0, 0.05) is 18.1 Å². The van der Waals surface area contributed by atoms with E-state index in [0.717, 1.165) is 5.75 Å². The third-order valence-electron chi connectivity index (χ3n) is 3.23. The van der Waals surface area contributed by atoms with Crippen molar-refractivity contribution in [2.75, 3.05) is 13.2 Å². The van der Waals surface area contributed by atoms with Crippen LogP contribution in [0, 0.1) is 17.1 Å². The highest BCUT2D eigenvalue weighted by molar-refractivity contribution is 5.33. The highest BCUT2D eigenvalue weighted by Gasteiger charge is 2.14. The molecular formula is C18H18FNO2. The molecule has 2 aromatic carbocycles. The summed E-state index contributed by atoms with van der Waals surface area (Å²) in [5, 5.41) is 9.22. The number of nitriles is 1. The summed E-state index contributed by atoms with van der Waals surface area (Å²) in [5.74, 6) is 0.547. The number of halogens is 1. The minimum Gasteiger partial charge on any atom is -0.494 e. The summed E-state index contributed by atoms with van der Waals surface area (Å²) in [4.78, 5) is 0. The van der Waals surface area contributed by atoms with E-state index in [1.807, 2.05) is 25.1 Å². The maximum absolute atomic E-state index is 13.7. The molecule has 2 aromatic rings. The predicted octanol–water partition coefficient (Wildman–Crippen LogP) is 4.30. The van der Waals surface area contributed by atoms with Crippen LogP contribution in [0.5, 0.6) is 11.5 Å². The zero-order chi connectivity index (χ0) is 15.8. The van der Waals surface area contributed by atoms with Gasteiger partial charge in [-0.05, 0) is 25.1 Å². The molecule has 0 bridgehead atoms. The van der Waals surface area contributed by atoms with Crippen LogP contribution >= 0.6 is 0 Å². The molecule has 4 heteroatoms. The second-order valence-corrected chi connectivity index (χ2v) is 4.75. The molecule has 0 aliphatic carbocycles. The number of ether oxygens (including phenoxy) is 2. The van der Waals surface area contributed by atoms with E-state index in [0.29, 0.717) is 30.9 Å². The van der Waals surface area contributed by atoms with Crippen molar-refractivity contribution in [2.24, 2.45) is 0 Å². The summed E-state index contributed by atoms with van der Waals surface area (Å²) in [6, 6.07) is 15.8. The highest BCUT2D eigenvalue weighted by atomic mass is 19.1. The molecule has 0 amide bonds. The Morgan fingerprint density at radius 1 is 1.09 bits per heavy atom. The molecule has 0 heterocycles. The standard InChI is InChI=1S/C18H18FNO2/c1-2-21-15-6-5-7-16(12-15)22-11-10-14(13-20)17-8-3-4-9-18(17)19/h3-9,12,14H,2,10-11H2,1H3. The Morgan fingerprint density at radius 3 is 2.50 bits per heavy atom. The van der Waals surface area contributed by atoms with Crippen LogP contribution in [0.4, 0.5) is 4.39 Å². The number of benzene rings is 2. The fraction of sp³-hybridized carbons (Fsp3) is 0.278. The largest absolute Gasteiger partial charge is 0.494 e. The molecule has 0 saturated carbocycles. The van der Waals surface area contributed by atoms with Gasteiger partial charge in [0.15, 0.2) is 0 Å². The Labute approximate surface area is 129 Å². The van der Waals surface area contributed by atoms with E-state index in [1.165, 1.54) is 6.07 Å². The smallest absolute Gasteiger partial charge is 0.127 e. The lowest BCUT2D eigenvalue weighted by Crippen LogP contribution is -2.06. The molecule has 114 valence electrons. The third-order valence-corrected chi connectivity index (χ3v) is 3.23. The van der Waals surface area contributed by atoms with Gasteiger partial charge < -0.3 is 9.47 Å². The molecule has 0 aliphatic rings. The van der Waals surface area contributed by atoms with Gasteiger partial charge in [-0.15, -0.1) is 0 Å². The quantitative estimate of drug-likeness (QED) is 0.765. The average molecular weight is 299 g/mol. The molecular weight excluding hydrogens is 281 g/mol. The summed E-state index contributed by atoms with van der Waals surface area (Å²) < 4.78 is 24.7. The van der Waals surface area contributed by atoms with Crippen molar-refractivity contribution in [2.45, 2.75) is 19.3 Å². The molecule has 0 aliphatic heterocycles. The van der Waals surface area contributed by atoms with Gasteiger partial charge >= 0.3 is 0 Å². The number of hydrogen-bond donors (Lipinski definition) is 0. The second kappa shape index (κ2) is 8.04. The van der Waals surface area contributed by atoms with Gasteiger partial charge in [-0.25, -0.2) is 4.39 Å². The first-order valence-electron chi connectivity index (χ1n) is 7.24. The van der Waals surface area contributed by atoms with E-state index in [4.69, 9.17) is 9.47 Å². The van der Waals surface area contributed by atoms with Crippen LogP contribution in [0.15, 0.2) is 48.5 Å². The Hall–Kier alpha value is -2.54. The number of nitrogens with zero attached hydrogens (tertiary/aromatic N) is 1. The summed E-state index contributed by atoms with van der Waals surface area (Å²) in [7, 11) is 0. The molecule has 0 aromatic heterocycles. The highest BCUT2D eigenvalue weighted by Crippen LogP contribution is 2.23. The lowest BCUT2D eigenvalue weighted by atomic mass is 9.97. The molecule has 0 fully saturated rings. The first-order chi connectivity index (χ1) is 10.7. The number of rotatable bonds is 7. The van der Waals surface area contributed by atoms with Crippen molar-refractivity contribution in [3.63, 3.8) is 0 Å². The molecule has 1 unspecified atom stereocenters. The van der Waals surface area contributed by atoms with Gasteiger partial charge in [-0.1, -0.05) is 24.3 Å². The van der Waals surface area contributed by atoms with Crippen LogP contribution in [0.1, 0.15) is 24.8 Å². The van der Waals surface area contributed by atoms with E-state index in [1.54, 1.807) is 24.3 Å². The lowest BCUT2D eigenvalue weighted by Gasteiger charge is -2.12.